The standard InChI is InChI=1S/C17H24N2O2S.ClH/c20-17(10-12-8-13-3-4-14(9-12)18-13)19-5-6-21-15(11-19)16-2-1-7-22-16;/h1-2,7,12-15,18H,3-6,8-11H2;1H. The second-order valence-electron chi connectivity index (χ2n) is 6.89. The number of fused-ring (bicyclic) bond motifs is 2. The third-order valence-corrected chi connectivity index (χ3v) is 6.28. The maximum atomic E-state index is 12.7. The highest BCUT2D eigenvalue weighted by Crippen LogP contribution is 2.33. The molecule has 4 rings (SSSR count). The molecule has 1 aromatic heterocycles. The quantitative estimate of drug-likeness (QED) is 0.905. The van der Waals surface area contributed by atoms with Crippen molar-refractivity contribution >= 4 is 29.7 Å². The lowest BCUT2D eigenvalue weighted by Gasteiger charge is -2.35. The Hall–Kier alpha value is -0.620. The van der Waals surface area contributed by atoms with Crippen molar-refractivity contribution in [3.05, 3.63) is 22.4 Å². The van der Waals surface area contributed by atoms with E-state index in [1.807, 2.05) is 4.90 Å². The number of halogens is 1. The van der Waals surface area contributed by atoms with Crippen LogP contribution in [-0.4, -0.2) is 42.6 Å². The van der Waals surface area contributed by atoms with Crippen molar-refractivity contribution in [1.82, 2.24) is 10.2 Å². The zero-order chi connectivity index (χ0) is 14.9. The van der Waals surface area contributed by atoms with E-state index in [-0.39, 0.29) is 18.5 Å². The summed E-state index contributed by atoms with van der Waals surface area (Å²) >= 11 is 1.72. The minimum absolute atomic E-state index is 0. The Balaban J connectivity index is 0.00000156. The van der Waals surface area contributed by atoms with Gasteiger partial charge in [0.25, 0.3) is 0 Å². The molecule has 1 N–H and O–H groups in total. The van der Waals surface area contributed by atoms with Crippen molar-refractivity contribution in [3.8, 4) is 0 Å². The van der Waals surface area contributed by atoms with Crippen LogP contribution in [0.2, 0.25) is 0 Å². The van der Waals surface area contributed by atoms with Crippen LogP contribution in [0.5, 0.6) is 0 Å². The molecule has 6 heteroatoms. The van der Waals surface area contributed by atoms with Crippen LogP contribution in [-0.2, 0) is 9.53 Å². The fraction of sp³-hybridized carbons (Fsp3) is 0.706. The third kappa shape index (κ3) is 3.90. The predicted molar refractivity (Wildman–Crippen MR) is 94.1 cm³/mol. The highest BCUT2D eigenvalue weighted by atomic mass is 35.5. The summed E-state index contributed by atoms with van der Waals surface area (Å²) in [4.78, 5) is 15.9. The lowest BCUT2D eigenvalue weighted by atomic mass is 9.89. The number of morpholine rings is 1. The Labute approximate surface area is 148 Å². The molecule has 0 saturated carbocycles. The summed E-state index contributed by atoms with van der Waals surface area (Å²) in [7, 11) is 0. The monoisotopic (exact) mass is 356 g/mol. The first-order chi connectivity index (χ1) is 10.8. The first kappa shape index (κ1) is 17.2. The number of hydrogen-bond donors (Lipinski definition) is 1. The predicted octanol–water partition coefficient (Wildman–Crippen LogP) is 2.99. The molecule has 0 aromatic carbocycles. The molecule has 3 atom stereocenters. The van der Waals surface area contributed by atoms with E-state index >= 15 is 0 Å². The summed E-state index contributed by atoms with van der Waals surface area (Å²) in [6, 6.07) is 5.49. The van der Waals surface area contributed by atoms with E-state index in [4.69, 9.17) is 4.74 Å². The van der Waals surface area contributed by atoms with Crippen LogP contribution in [0.3, 0.4) is 0 Å². The Kier molecular flexibility index (Phi) is 5.62. The molecule has 1 aromatic rings. The number of hydrogen-bond acceptors (Lipinski definition) is 4. The lowest BCUT2D eigenvalue weighted by Crippen LogP contribution is -2.44. The number of thiophene rings is 1. The molecule has 0 spiro atoms. The molecule has 4 nitrogen and oxygen atoms in total. The molecule has 2 bridgehead atoms. The fourth-order valence-electron chi connectivity index (χ4n) is 4.24. The third-order valence-electron chi connectivity index (χ3n) is 5.31. The Morgan fingerprint density at radius 2 is 2.13 bits per heavy atom. The van der Waals surface area contributed by atoms with E-state index in [9.17, 15) is 4.79 Å². The van der Waals surface area contributed by atoms with Gasteiger partial charge in [-0.15, -0.1) is 23.7 Å². The van der Waals surface area contributed by atoms with Crippen LogP contribution >= 0.6 is 23.7 Å². The van der Waals surface area contributed by atoms with E-state index in [1.54, 1.807) is 11.3 Å². The van der Waals surface area contributed by atoms with Crippen LogP contribution in [0.25, 0.3) is 0 Å². The van der Waals surface area contributed by atoms with Gasteiger partial charge in [-0.05, 0) is 43.0 Å². The average Bonchev–Trinajstić information content (AvgIpc) is 3.17. The summed E-state index contributed by atoms with van der Waals surface area (Å²) < 4.78 is 5.84. The Bertz CT molecular complexity index is 513. The number of amides is 1. The zero-order valence-electron chi connectivity index (χ0n) is 13.3. The van der Waals surface area contributed by atoms with E-state index in [0.29, 0.717) is 30.5 Å². The fourth-order valence-corrected chi connectivity index (χ4v) is 5.01. The van der Waals surface area contributed by atoms with E-state index in [1.165, 1.54) is 30.6 Å². The second kappa shape index (κ2) is 7.51. The van der Waals surface area contributed by atoms with Gasteiger partial charge in [-0.25, -0.2) is 0 Å². The summed E-state index contributed by atoms with van der Waals surface area (Å²) in [5.41, 5.74) is 0. The van der Waals surface area contributed by atoms with Crippen molar-refractivity contribution in [2.24, 2.45) is 5.92 Å². The topological polar surface area (TPSA) is 41.6 Å². The minimum atomic E-state index is 0. The Morgan fingerprint density at radius 1 is 1.35 bits per heavy atom. The molecule has 128 valence electrons. The number of carbonyl (C=O) groups excluding carboxylic acids is 1. The Morgan fingerprint density at radius 3 is 2.83 bits per heavy atom. The van der Waals surface area contributed by atoms with Gasteiger partial charge < -0.3 is 15.0 Å². The van der Waals surface area contributed by atoms with Gasteiger partial charge >= 0.3 is 0 Å². The lowest BCUT2D eigenvalue weighted by molar-refractivity contribution is -0.140. The molecular formula is C17H25ClN2O2S. The maximum Gasteiger partial charge on any atom is 0.223 e. The first-order valence-electron chi connectivity index (χ1n) is 8.47. The van der Waals surface area contributed by atoms with Gasteiger partial charge in [-0.3, -0.25) is 4.79 Å². The van der Waals surface area contributed by atoms with Crippen LogP contribution in [0.1, 0.15) is 43.1 Å². The SMILES string of the molecule is Cl.O=C(CC1CC2CCC(C1)N2)N1CCOC(c2cccs2)C1. The van der Waals surface area contributed by atoms with Crippen molar-refractivity contribution in [2.75, 3.05) is 19.7 Å². The van der Waals surface area contributed by atoms with Crippen LogP contribution in [0.4, 0.5) is 0 Å². The van der Waals surface area contributed by atoms with Crippen LogP contribution in [0, 0.1) is 5.92 Å². The maximum absolute atomic E-state index is 12.7. The van der Waals surface area contributed by atoms with Crippen molar-refractivity contribution in [1.29, 1.82) is 0 Å². The average molecular weight is 357 g/mol. The van der Waals surface area contributed by atoms with E-state index in [2.05, 4.69) is 22.8 Å². The van der Waals surface area contributed by atoms with Crippen molar-refractivity contribution in [3.63, 3.8) is 0 Å². The number of nitrogens with zero attached hydrogens (tertiary/aromatic N) is 1. The molecular weight excluding hydrogens is 332 g/mol. The van der Waals surface area contributed by atoms with Gasteiger partial charge in [0.2, 0.25) is 5.91 Å². The molecule has 3 saturated heterocycles. The number of piperidine rings is 1. The van der Waals surface area contributed by atoms with Gasteiger partial charge in [0.1, 0.15) is 6.10 Å². The summed E-state index contributed by atoms with van der Waals surface area (Å²) in [6.07, 6.45) is 5.76. The molecule has 3 aliphatic rings. The molecule has 3 unspecified atom stereocenters. The largest absolute Gasteiger partial charge is 0.369 e. The molecule has 4 heterocycles. The molecule has 23 heavy (non-hydrogen) atoms. The van der Waals surface area contributed by atoms with Crippen LogP contribution in [0.15, 0.2) is 17.5 Å². The molecule has 3 aliphatic heterocycles. The minimum Gasteiger partial charge on any atom is -0.369 e. The van der Waals surface area contributed by atoms with Crippen molar-refractivity contribution in [2.45, 2.75) is 50.3 Å². The summed E-state index contributed by atoms with van der Waals surface area (Å²) in [6.45, 7) is 2.13. The van der Waals surface area contributed by atoms with E-state index in [0.717, 1.165) is 19.5 Å². The normalized spacial score (nSPS) is 33.3. The van der Waals surface area contributed by atoms with Gasteiger partial charge in [0.15, 0.2) is 0 Å². The second-order valence-corrected chi connectivity index (χ2v) is 7.87. The number of carbonyl (C=O) groups is 1. The number of nitrogens with one attached hydrogen (secondary N) is 1. The number of ether oxygens (including phenoxy) is 1. The summed E-state index contributed by atoms with van der Waals surface area (Å²) in [5, 5.41) is 5.73. The molecule has 0 radical (unpaired) electrons. The molecule has 3 fully saturated rings. The summed E-state index contributed by atoms with van der Waals surface area (Å²) in [5.74, 6) is 0.908. The van der Waals surface area contributed by atoms with Gasteiger partial charge in [-0.2, -0.15) is 0 Å². The first-order valence-corrected chi connectivity index (χ1v) is 9.34. The molecule has 0 aliphatic carbocycles. The van der Waals surface area contributed by atoms with Crippen LogP contribution < -0.4 is 5.32 Å². The van der Waals surface area contributed by atoms with Gasteiger partial charge in [0.05, 0.1) is 13.2 Å². The highest BCUT2D eigenvalue weighted by Gasteiger charge is 2.35. The molecule has 1 amide bonds. The zero-order valence-corrected chi connectivity index (χ0v) is 14.9. The number of rotatable bonds is 3. The van der Waals surface area contributed by atoms with E-state index < -0.39 is 0 Å². The van der Waals surface area contributed by atoms with Gasteiger partial charge in [-0.1, -0.05) is 6.07 Å². The van der Waals surface area contributed by atoms with Crippen molar-refractivity contribution < 1.29 is 9.53 Å². The van der Waals surface area contributed by atoms with Gasteiger partial charge in [0, 0.05) is 29.9 Å². The smallest absolute Gasteiger partial charge is 0.223 e. The highest BCUT2D eigenvalue weighted by molar-refractivity contribution is 7.10.